The van der Waals surface area contributed by atoms with Crippen molar-refractivity contribution in [1.82, 2.24) is 60.3 Å². The number of aliphatic hydroxyl groups excluding tert-OH is 4. The quantitative estimate of drug-likeness (QED) is 0.0145. The number of aromatic nitrogens is 8. The standard InChI is InChI=1S/C26H42N7O19P3S.C26H46N7O16P3S/c1-4-13(24(38)39)25(40)56-8-7-28-15(34)5-6-29-22(37)19(36)26(2,3)10-49-55(46,47)52-54(44,45)48-9-14-18(51-53(41,42)43)17(35)23(50-14)33-12-32-16-20(27)30-11-31-21(16)33;1-4-5-6-10-53-11-9-28-17(34)7-8-29-24(37)21(36)26(2,3)13-46-52(43,44)49-51(41,42)45-12-16-20(48-50(38,39)40)19(35)25(47-16)33-15-32-18-22(27)30-14-31-23(18)33/h11-14,17-19,23,35-36H,4-10H2,1-3H3,(H,28,34)(H,29,37)(H,38,39)(H,44,45)(H,46,47)(H2,27,30,31)(H2,41,42,43);14-16,19-21,25,35-36H,4-13H2,1-3H3,(H,28,34)(H,29,37)(H,41,42)(H,43,44)(H2,27,30,31)(H2,38,39,40)/t13?,14-,17-,18-,19+,23-;16-,19-,20-,21+,25-/m11/s1. The van der Waals surface area contributed by atoms with Crippen molar-refractivity contribution in [2.45, 2.75) is 141 Å². The number of imidazole rings is 2. The number of fused-ring (bicyclic) bond motifs is 2. The highest BCUT2D eigenvalue weighted by molar-refractivity contribution is 8.13. The number of nitrogens with zero attached hydrogens (tertiary/aromatic N) is 8. The highest BCUT2D eigenvalue weighted by Gasteiger charge is 2.53. The number of hydrogen-bond donors (Lipinski definition) is 19. The molecule has 15 atom stereocenters. The van der Waals surface area contributed by atoms with Crippen molar-refractivity contribution in [3.8, 4) is 0 Å². The molecule has 2 saturated heterocycles. The number of aliphatic hydroxyl groups is 4. The Balaban J connectivity index is 0.000000391. The lowest BCUT2D eigenvalue weighted by Crippen LogP contribution is -2.46. The third kappa shape index (κ3) is 30.0. The number of ether oxygens (including phenoxy) is 2. The van der Waals surface area contributed by atoms with Crippen LogP contribution in [0.25, 0.3) is 22.3 Å². The van der Waals surface area contributed by atoms with Gasteiger partial charge >= 0.3 is 52.9 Å². The van der Waals surface area contributed by atoms with Crippen LogP contribution in [0.4, 0.5) is 11.6 Å². The van der Waals surface area contributed by atoms with Gasteiger partial charge in [0.1, 0.15) is 78.4 Å². The highest BCUT2D eigenvalue weighted by atomic mass is 32.2. The van der Waals surface area contributed by atoms with Gasteiger partial charge in [0, 0.05) is 61.4 Å². The van der Waals surface area contributed by atoms with Gasteiger partial charge in [-0.2, -0.15) is 20.4 Å². The van der Waals surface area contributed by atoms with E-state index in [0.717, 1.165) is 77.0 Å². The summed E-state index contributed by atoms with van der Waals surface area (Å²) in [7, 11) is -32.8. The minimum atomic E-state index is -5.59. The molecule has 0 aromatic carbocycles. The summed E-state index contributed by atoms with van der Waals surface area (Å²) in [5.41, 5.74) is 8.51. The first-order valence-electron chi connectivity index (χ1n) is 32.3. The number of nitrogens with two attached hydrogens (primary N) is 2. The molecule has 57 heteroatoms. The van der Waals surface area contributed by atoms with Crippen LogP contribution in [0.2, 0.25) is 0 Å². The Bertz CT molecular complexity index is 4070. The number of carboxylic acid groups (broad SMARTS) is 1. The van der Waals surface area contributed by atoms with Crippen LogP contribution in [-0.2, 0) is 101 Å². The maximum Gasteiger partial charge on any atom is 0.481 e. The number of nitrogen functional groups attached to an aromatic ring is 2. The van der Waals surface area contributed by atoms with E-state index in [1.54, 1.807) is 18.7 Å². The van der Waals surface area contributed by atoms with E-state index in [1.807, 2.05) is 0 Å². The van der Waals surface area contributed by atoms with E-state index < -0.39 is 180 Å². The predicted molar refractivity (Wildman–Crippen MR) is 375 cm³/mol. The number of thioether (sulfide) groups is 2. The van der Waals surface area contributed by atoms with Gasteiger partial charge in [-0.05, 0) is 18.6 Å². The summed E-state index contributed by atoms with van der Waals surface area (Å²) < 4.78 is 124. The van der Waals surface area contributed by atoms with Gasteiger partial charge in [-0.25, -0.2) is 57.3 Å². The second-order valence-corrected chi connectivity index (χ2v) is 35.7. The number of rotatable bonds is 45. The molecule has 6 heterocycles. The number of hydrogen-bond acceptors (Lipinski definition) is 36. The number of phosphoric acid groups is 6. The smallest absolute Gasteiger partial charge is 0.481 e. The molecular formula is C52H88N14O35P6S2. The van der Waals surface area contributed by atoms with Crippen molar-refractivity contribution < 1.29 is 166 Å². The summed E-state index contributed by atoms with van der Waals surface area (Å²) in [6, 6.07) is 0. The molecule has 0 saturated carbocycles. The molecule has 2 aliphatic heterocycles. The van der Waals surface area contributed by atoms with Crippen molar-refractivity contribution in [2.75, 3.05) is 81.3 Å². The fourth-order valence-electron chi connectivity index (χ4n) is 9.58. The summed E-state index contributed by atoms with van der Waals surface area (Å²) in [5.74, 6) is -3.43. The van der Waals surface area contributed by atoms with Crippen LogP contribution in [0.3, 0.4) is 0 Å². The minimum absolute atomic E-state index is 0.0186. The van der Waals surface area contributed by atoms with Crippen LogP contribution in [0.1, 0.15) is 92.5 Å². The lowest BCUT2D eigenvalue weighted by atomic mass is 9.87. The predicted octanol–water partition coefficient (Wildman–Crippen LogP) is -0.896. The minimum Gasteiger partial charge on any atom is -0.481 e. The number of aliphatic carboxylic acids is 1. The Morgan fingerprint density at radius 1 is 0.569 bits per heavy atom. The molecule has 4 aromatic heterocycles. The van der Waals surface area contributed by atoms with Gasteiger partial charge in [-0.3, -0.25) is 65.0 Å². The molecule has 0 spiro atoms. The summed E-state index contributed by atoms with van der Waals surface area (Å²) in [6.07, 6.45) is -10.3. The molecule has 0 bridgehead atoms. The van der Waals surface area contributed by atoms with Gasteiger partial charge in [0.05, 0.1) is 39.1 Å². The lowest BCUT2D eigenvalue weighted by Gasteiger charge is -2.30. The van der Waals surface area contributed by atoms with Gasteiger partial charge < -0.3 is 107 Å². The zero-order chi connectivity index (χ0) is 81.8. The van der Waals surface area contributed by atoms with Crippen molar-refractivity contribution >= 4 is 139 Å². The highest BCUT2D eigenvalue weighted by Crippen LogP contribution is 2.63. The van der Waals surface area contributed by atoms with Crippen molar-refractivity contribution in [1.29, 1.82) is 0 Å². The van der Waals surface area contributed by atoms with E-state index in [2.05, 4.69) is 75.8 Å². The van der Waals surface area contributed by atoms with Crippen LogP contribution in [0, 0.1) is 16.7 Å². The van der Waals surface area contributed by atoms with Crippen LogP contribution in [-0.4, -0.2) is 257 Å². The molecule has 4 aromatic rings. The molecule has 2 aliphatic rings. The molecule has 5 unspecified atom stereocenters. The summed E-state index contributed by atoms with van der Waals surface area (Å²) in [4.78, 5) is 174. The molecular weight excluding hydrogens is 1630 g/mol. The molecule has 6 rings (SSSR count). The maximum atomic E-state index is 12.7. The number of carbonyl (C=O) groups is 6. The fraction of sp³-hybridized carbons (Fsp3) is 0.692. The zero-order valence-electron chi connectivity index (χ0n) is 58.7. The first-order valence-corrected chi connectivity index (χ1v) is 43.5. The molecule has 109 heavy (non-hydrogen) atoms. The number of amides is 4. The van der Waals surface area contributed by atoms with Crippen molar-refractivity contribution in [3.05, 3.63) is 25.3 Å². The molecule has 21 N–H and O–H groups in total. The van der Waals surface area contributed by atoms with E-state index in [9.17, 15) is 116 Å². The fourth-order valence-corrected chi connectivity index (χ4v) is 17.0. The van der Waals surface area contributed by atoms with E-state index in [4.69, 9.17) is 44.1 Å². The zero-order valence-corrected chi connectivity index (χ0v) is 65.7. The molecule has 4 amide bonds. The SMILES string of the molecule is CCC(C(=O)O)C(=O)SCCNC(=O)CCNC(=O)[C@H](O)C(C)(C)COP(=O)(O)OP(=O)(O)OC[C@H]1O[C@@H](n2cnc3c(N)ncnc32)[C@H](O)[C@@H]1OP(=O)(O)O.CCCCCSCCNC(=O)CCNC(=O)[C@H](O)C(C)(C)COP(=O)(O)OP(=O)(O)OC[C@H]1O[C@@H](n2cnc3c(N)ncnc32)[C@H](O)[C@@H]1OP(=O)(O)O. The Labute approximate surface area is 627 Å². The Morgan fingerprint density at radius 3 is 1.34 bits per heavy atom. The first kappa shape index (κ1) is 94.5. The van der Waals surface area contributed by atoms with Crippen molar-refractivity contribution in [3.63, 3.8) is 0 Å². The van der Waals surface area contributed by atoms with Crippen LogP contribution in [0.5, 0.6) is 0 Å². The third-order valence-electron chi connectivity index (χ3n) is 15.3. The average Bonchev–Trinajstić information content (AvgIpc) is 1.60. The van der Waals surface area contributed by atoms with Gasteiger partial charge in [0.15, 0.2) is 35.4 Å². The van der Waals surface area contributed by atoms with E-state index in [0.29, 0.717) is 6.54 Å². The number of anilines is 2. The summed E-state index contributed by atoms with van der Waals surface area (Å²) in [5, 5.41) is 61.1. The molecule has 0 radical (unpaired) electrons. The summed E-state index contributed by atoms with van der Waals surface area (Å²) in [6.45, 7) is 4.74. The Morgan fingerprint density at radius 2 is 0.963 bits per heavy atom. The largest absolute Gasteiger partial charge is 0.481 e. The molecule has 0 aliphatic carbocycles. The van der Waals surface area contributed by atoms with Gasteiger partial charge in [0.25, 0.3) is 0 Å². The second-order valence-electron chi connectivity index (χ2n) is 24.9. The third-order valence-corrected chi connectivity index (χ3v) is 23.5. The molecule has 618 valence electrons. The molecule has 49 nitrogen and oxygen atoms in total. The number of nitrogens with one attached hydrogen (secondary N) is 4. The van der Waals surface area contributed by atoms with E-state index >= 15 is 0 Å². The second kappa shape index (κ2) is 41.3. The number of unbranched alkanes of at least 4 members (excludes halogenated alkanes) is 2. The lowest BCUT2D eigenvalue weighted by molar-refractivity contribution is -0.144. The van der Waals surface area contributed by atoms with Gasteiger partial charge in [0.2, 0.25) is 28.7 Å². The normalized spacial score (nSPS) is 22.2. The average molecular weight is 1720 g/mol. The number of phosphoric ester groups is 6. The molecule has 2 fully saturated rings. The van der Waals surface area contributed by atoms with Gasteiger partial charge in [-0.1, -0.05) is 66.1 Å². The van der Waals surface area contributed by atoms with Crippen LogP contribution in [0.15, 0.2) is 25.3 Å². The van der Waals surface area contributed by atoms with Crippen molar-refractivity contribution in [2.24, 2.45) is 16.7 Å². The Kier molecular flexibility index (Phi) is 35.8. The van der Waals surface area contributed by atoms with Gasteiger partial charge in [-0.15, -0.1) is 0 Å². The monoisotopic (exact) mass is 1720 g/mol. The summed E-state index contributed by atoms with van der Waals surface area (Å²) >= 11 is 2.48. The van der Waals surface area contributed by atoms with E-state index in [1.165, 1.54) is 27.7 Å². The maximum absolute atomic E-state index is 12.7. The van der Waals surface area contributed by atoms with Crippen LogP contribution < -0.4 is 32.7 Å². The number of carbonyl (C=O) groups excluding carboxylic acids is 5. The topological polar surface area (TPSA) is 747 Å². The van der Waals surface area contributed by atoms with E-state index in [-0.39, 0.29) is 84.5 Å². The van der Waals surface area contributed by atoms with Crippen LogP contribution >= 0.6 is 70.5 Å². The first-order chi connectivity index (χ1) is 50.5. The number of carboxylic acids is 1. The Hall–Kier alpha value is -5.08.